The molecule has 1 aliphatic carbocycles. The smallest absolute Gasteiger partial charge is 0.411 e. The fourth-order valence-corrected chi connectivity index (χ4v) is 2.52. The van der Waals surface area contributed by atoms with E-state index in [4.69, 9.17) is 10.5 Å². The zero-order chi connectivity index (χ0) is 12.1. The molecule has 0 radical (unpaired) electrons. The minimum atomic E-state index is -0.535. The van der Waals surface area contributed by atoms with Crippen LogP contribution in [0.1, 0.15) is 33.6 Å². The Morgan fingerprint density at radius 3 is 2.31 bits per heavy atom. The maximum absolute atomic E-state index is 11.9. The number of amides is 2. The molecule has 3 rings (SSSR count). The summed E-state index contributed by atoms with van der Waals surface area (Å²) in [5.41, 5.74) is 4.78. The molecule has 2 amide bonds. The molecule has 3 fully saturated rings. The monoisotopic (exact) mass is 226 g/mol. The average molecular weight is 226 g/mol. The molecule has 2 aliphatic heterocycles. The SMILES string of the molecule is CC(C)(C)OC(=O)N1C2CC(C2)C1C(N)=O. The summed E-state index contributed by atoms with van der Waals surface area (Å²) in [6, 6.07) is -0.308. The van der Waals surface area contributed by atoms with Gasteiger partial charge in [0.2, 0.25) is 5.91 Å². The maximum Gasteiger partial charge on any atom is 0.411 e. The van der Waals surface area contributed by atoms with Gasteiger partial charge in [-0.2, -0.15) is 0 Å². The van der Waals surface area contributed by atoms with Gasteiger partial charge in [0.15, 0.2) is 0 Å². The minimum absolute atomic E-state index is 0.150. The fourth-order valence-electron chi connectivity index (χ4n) is 2.52. The maximum atomic E-state index is 11.9. The van der Waals surface area contributed by atoms with E-state index in [9.17, 15) is 9.59 Å². The summed E-state index contributed by atoms with van der Waals surface area (Å²) in [7, 11) is 0. The predicted octanol–water partition coefficient (Wildman–Crippen LogP) is 0.870. The van der Waals surface area contributed by atoms with Crippen molar-refractivity contribution in [3.63, 3.8) is 0 Å². The van der Waals surface area contributed by atoms with Crippen LogP contribution in [0.5, 0.6) is 0 Å². The summed E-state index contributed by atoms with van der Waals surface area (Å²) < 4.78 is 5.28. The molecule has 90 valence electrons. The zero-order valence-electron chi connectivity index (χ0n) is 9.90. The number of carbonyl (C=O) groups excluding carboxylic acids is 2. The number of nitrogens with two attached hydrogens (primary N) is 1. The second kappa shape index (κ2) is 3.37. The van der Waals surface area contributed by atoms with Gasteiger partial charge in [0.05, 0.1) is 0 Å². The van der Waals surface area contributed by atoms with E-state index in [0.717, 1.165) is 12.8 Å². The van der Waals surface area contributed by atoms with Gasteiger partial charge < -0.3 is 10.5 Å². The first kappa shape index (κ1) is 11.2. The summed E-state index contributed by atoms with van der Waals surface area (Å²) in [6.07, 6.45) is 1.35. The van der Waals surface area contributed by atoms with Gasteiger partial charge in [-0.3, -0.25) is 9.69 Å². The number of rotatable bonds is 1. The number of fused-ring (bicyclic) bond motifs is 1. The minimum Gasteiger partial charge on any atom is -0.444 e. The number of hydrogen-bond donors (Lipinski definition) is 1. The predicted molar refractivity (Wildman–Crippen MR) is 57.6 cm³/mol. The lowest BCUT2D eigenvalue weighted by Crippen LogP contribution is -2.46. The fraction of sp³-hybridized carbons (Fsp3) is 0.818. The summed E-state index contributed by atoms with van der Waals surface area (Å²) in [6.45, 7) is 5.43. The van der Waals surface area contributed by atoms with E-state index >= 15 is 0 Å². The highest BCUT2D eigenvalue weighted by Gasteiger charge is 2.56. The van der Waals surface area contributed by atoms with Crippen LogP contribution in [0, 0.1) is 5.92 Å². The highest BCUT2D eigenvalue weighted by molar-refractivity contribution is 5.86. The largest absolute Gasteiger partial charge is 0.444 e. The third-order valence-electron chi connectivity index (χ3n) is 3.19. The van der Waals surface area contributed by atoms with Gasteiger partial charge in [0.1, 0.15) is 11.6 Å². The molecule has 5 heteroatoms. The number of carbonyl (C=O) groups is 2. The Labute approximate surface area is 94.9 Å². The van der Waals surface area contributed by atoms with Crippen molar-refractivity contribution < 1.29 is 14.3 Å². The molecule has 1 atom stereocenters. The first-order valence-corrected chi connectivity index (χ1v) is 5.60. The third kappa shape index (κ3) is 1.74. The molecule has 2 heterocycles. The Balaban J connectivity index is 2.09. The van der Waals surface area contributed by atoms with Gasteiger partial charge in [-0.25, -0.2) is 4.79 Å². The van der Waals surface area contributed by atoms with Crippen LogP contribution in [0.15, 0.2) is 0 Å². The molecule has 16 heavy (non-hydrogen) atoms. The molecule has 3 aliphatic rings. The van der Waals surface area contributed by atoms with E-state index in [1.165, 1.54) is 4.90 Å². The molecule has 2 N–H and O–H groups in total. The molecule has 1 unspecified atom stereocenters. The van der Waals surface area contributed by atoms with Crippen molar-refractivity contribution in [2.45, 2.75) is 51.3 Å². The molecule has 0 aromatic heterocycles. The van der Waals surface area contributed by atoms with Gasteiger partial charge >= 0.3 is 6.09 Å². The van der Waals surface area contributed by atoms with Crippen molar-refractivity contribution in [1.29, 1.82) is 0 Å². The number of ether oxygens (including phenoxy) is 1. The van der Waals surface area contributed by atoms with E-state index in [-0.39, 0.29) is 12.0 Å². The van der Waals surface area contributed by atoms with E-state index in [1.54, 1.807) is 0 Å². The zero-order valence-corrected chi connectivity index (χ0v) is 9.90. The second-order valence-electron chi connectivity index (χ2n) is 5.62. The van der Waals surface area contributed by atoms with Crippen LogP contribution in [-0.4, -0.2) is 34.6 Å². The van der Waals surface area contributed by atoms with Crippen LogP contribution in [0.2, 0.25) is 0 Å². The Morgan fingerprint density at radius 1 is 1.31 bits per heavy atom. The molecule has 5 nitrogen and oxygen atoms in total. The molecular formula is C11H18N2O3. The number of primary amides is 1. The number of hydrogen-bond acceptors (Lipinski definition) is 3. The van der Waals surface area contributed by atoms with Crippen LogP contribution >= 0.6 is 0 Å². The van der Waals surface area contributed by atoms with Gasteiger partial charge in [-0.15, -0.1) is 0 Å². The molecule has 0 aromatic carbocycles. The highest BCUT2D eigenvalue weighted by Crippen LogP contribution is 2.46. The van der Waals surface area contributed by atoms with E-state index in [2.05, 4.69) is 0 Å². The summed E-state index contributed by atoms with van der Waals surface area (Å²) in [5.74, 6) is -0.175. The van der Waals surface area contributed by atoms with Crippen LogP contribution in [0.3, 0.4) is 0 Å². The first-order valence-electron chi connectivity index (χ1n) is 5.60. The van der Waals surface area contributed by atoms with Gasteiger partial charge in [0.25, 0.3) is 0 Å². The van der Waals surface area contributed by atoms with Crippen molar-refractivity contribution in [2.75, 3.05) is 0 Å². The molecule has 2 bridgehead atoms. The summed E-state index contributed by atoms with van der Waals surface area (Å²) >= 11 is 0. The van der Waals surface area contributed by atoms with E-state index in [0.29, 0.717) is 0 Å². The highest BCUT2D eigenvalue weighted by atomic mass is 16.6. The van der Waals surface area contributed by atoms with Crippen molar-refractivity contribution in [1.82, 2.24) is 4.90 Å². The molecule has 2 saturated heterocycles. The first-order chi connectivity index (χ1) is 7.29. The van der Waals surface area contributed by atoms with Crippen LogP contribution in [0.4, 0.5) is 4.79 Å². The standard InChI is InChI=1S/C11H18N2O3/c1-11(2,3)16-10(15)13-7-4-6(5-7)8(13)9(12)14/h6-8H,4-5H2,1-3H3,(H2,12,14). The molecule has 0 spiro atoms. The Morgan fingerprint density at radius 2 is 1.88 bits per heavy atom. The topological polar surface area (TPSA) is 72.6 Å². The van der Waals surface area contributed by atoms with Crippen LogP contribution < -0.4 is 5.73 Å². The Bertz CT molecular complexity index is 329. The van der Waals surface area contributed by atoms with Crippen LogP contribution in [0.25, 0.3) is 0 Å². The van der Waals surface area contributed by atoms with Crippen molar-refractivity contribution >= 4 is 12.0 Å². The second-order valence-corrected chi connectivity index (χ2v) is 5.62. The van der Waals surface area contributed by atoms with Crippen LogP contribution in [-0.2, 0) is 9.53 Å². The van der Waals surface area contributed by atoms with Gasteiger partial charge in [-0.1, -0.05) is 0 Å². The summed E-state index contributed by atoms with van der Waals surface area (Å²) in [4.78, 5) is 24.7. The molecular weight excluding hydrogens is 208 g/mol. The lowest BCUT2D eigenvalue weighted by Gasteiger charge is -2.29. The lowest BCUT2D eigenvalue weighted by atomic mass is 9.83. The lowest BCUT2D eigenvalue weighted by molar-refractivity contribution is -0.122. The summed E-state index contributed by atoms with van der Waals surface area (Å²) in [5, 5.41) is 0. The van der Waals surface area contributed by atoms with E-state index in [1.807, 2.05) is 20.8 Å². The van der Waals surface area contributed by atoms with Crippen molar-refractivity contribution in [3.05, 3.63) is 0 Å². The molecule has 0 aromatic rings. The Hall–Kier alpha value is -1.26. The van der Waals surface area contributed by atoms with Gasteiger partial charge in [0, 0.05) is 6.04 Å². The average Bonchev–Trinajstić information content (AvgIpc) is 2.50. The van der Waals surface area contributed by atoms with Gasteiger partial charge in [-0.05, 0) is 39.5 Å². The molecule has 1 saturated carbocycles. The van der Waals surface area contributed by atoms with E-state index < -0.39 is 23.6 Å². The third-order valence-corrected chi connectivity index (χ3v) is 3.19. The van der Waals surface area contributed by atoms with Crippen molar-refractivity contribution in [2.24, 2.45) is 11.7 Å². The number of nitrogens with zero attached hydrogens (tertiary/aromatic N) is 1. The Kier molecular flexibility index (Phi) is 2.36. The van der Waals surface area contributed by atoms with Crippen molar-refractivity contribution in [3.8, 4) is 0 Å². The normalized spacial score (nSPS) is 32.2. The quantitative estimate of drug-likeness (QED) is 0.721.